The predicted molar refractivity (Wildman–Crippen MR) is 93.7 cm³/mol. The summed E-state index contributed by atoms with van der Waals surface area (Å²) < 4.78 is 0. The van der Waals surface area contributed by atoms with Gasteiger partial charge in [0, 0.05) is 57.0 Å². The molecule has 126 valence electrons. The molecule has 1 aromatic carbocycles. The molecule has 3 aliphatic heterocycles. The van der Waals surface area contributed by atoms with Crippen LogP contribution in [0, 0.1) is 0 Å². The van der Waals surface area contributed by atoms with Crippen LogP contribution in [-0.4, -0.2) is 65.8 Å². The molecule has 3 aliphatic rings. The van der Waals surface area contributed by atoms with Crippen LogP contribution in [-0.2, 0) is 6.54 Å². The third kappa shape index (κ3) is 3.25. The SMILES string of the molecule is C[C@@H]1CN2C[C@H](O)CC2CN1Cc1ccc(N2CCCC2)cc1. The molecule has 0 aliphatic carbocycles. The summed E-state index contributed by atoms with van der Waals surface area (Å²) in [5.41, 5.74) is 2.79. The summed E-state index contributed by atoms with van der Waals surface area (Å²) in [6.45, 7) is 8.82. The molecule has 3 atom stereocenters. The average Bonchev–Trinajstić information content (AvgIpc) is 3.17. The number of aliphatic hydroxyl groups is 1. The molecule has 0 radical (unpaired) electrons. The number of hydrogen-bond acceptors (Lipinski definition) is 4. The third-order valence-electron chi connectivity index (χ3n) is 5.87. The van der Waals surface area contributed by atoms with Crippen molar-refractivity contribution in [1.82, 2.24) is 9.80 Å². The Morgan fingerprint density at radius 3 is 2.52 bits per heavy atom. The third-order valence-corrected chi connectivity index (χ3v) is 5.87. The quantitative estimate of drug-likeness (QED) is 0.923. The maximum atomic E-state index is 9.89. The fourth-order valence-corrected chi connectivity index (χ4v) is 4.52. The summed E-state index contributed by atoms with van der Waals surface area (Å²) in [6.07, 6.45) is 3.48. The first kappa shape index (κ1) is 15.4. The molecule has 3 heterocycles. The lowest BCUT2D eigenvalue weighted by molar-refractivity contribution is 0.0528. The van der Waals surface area contributed by atoms with Crippen molar-refractivity contribution in [3.05, 3.63) is 29.8 Å². The molecule has 0 spiro atoms. The van der Waals surface area contributed by atoms with Crippen molar-refractivity contribution in [3.8, 4) is 0 Å². The molecule has 0 aromatic heterocycles. The van der Waals surface area contributed by atoms with Crippen molar-refractivity contribution in [2.45, 2.75) is 50.9 Å². The summed E-state index contributed by atoms with van der Waals surface area (Å²) >= 11 is 0. The number of fused-ring (bicyclic) bond motifs is 1. The Morgan fingerprint density at radius 2 is 1.78 bits per heavy atom. The van der Waals surface area contributed by atoms with Crippen LogP contribution in [0.1, 0.15) is 31.7 Å². The van der Waals surface area contributed by atoms with E-state index >= 15 is 0 Å². The molecule has 1 N–H and O–H groups in total. The second-order valence-corrected chi connectivity index (χ2v) is 7.64. The smallest absolute Gasteiger partial charge is 0.0682 e. The van der Waals surface area contributed by atoms with E-state index in [1.807, 2.05) is 0 Å². The van der Waals surface area contributed by atoms with Gasteiger partial charge < -0.3 is 10.0 Å². The molecule has 4 rings (SSSR count). The van der Waals surface area contributed by atoms with Crippen LogP contribution in [0.2, 0.25) is 0 Å². The summed E-state index contributed by atoms with van der Waals surface area (Å²) in [4.78, 5) is 7.55. The van der Waals surface area contributed by atoms with Gasteiger partial charge in [0.2, 0.25) is 0 Å². The summed E-state index contributed by atoms with van der Waals surface area (Å²) in [7, 11) is 0. The van der Waals surface area contributed by atoms with E-state index in [2.05, 4.69) is 45.9 Å². The zero-order valence-corrected chi connectivity index (χ0v) is 14.2. The number of nitrogens with zero attached hydrogens (tertiary/aromatic N) is 3. The number of aliphatic hydroxyl groups excluding tert-OH is 1. The molecule has 0 amide bonds. The Labute approximate surface area is 139 Å². The van der Waals surface area contributed by atoms with Gasteiger partial charge in [-0.2, -0.15) is 0 Å². The monoisotopic (exact) mass is 315 g/mol. The Balaban J connectivity index is 1.39. The second kappa shape index (κ2) is 6.42. The summed E-state index contributed by atoms with van der Waals surface area (Å²) in [5, 5.41) is 9.89. The van der Waals surface area contributed by atoms with Gasteiger partial charge in [0.25, 0.3) is 0 Å². The lowest BCUT2D eigenvalue weighted by Gasteiger charge is -2.42. The van der Waals surface area contributed by atoms with E-state index in [-0.39, 0.29) is 6.10 Å². The summed E-state index contributed by atoms with van der Waals surface area (Å²) in [5.74, 6) is 0. The summed E-state index contributed by atoms with van der Waals surface area (Å²) in [6, 6.07) is 10.3. The fourth-order valence-electron chi connectivity index (χ4n) is 4.52. The maximum absolute atomic E-state index is 9.89. The van der Waals surface area contributed by atoms with Crippen molar-refractivity contribution in [1.29, 1.82) is 0 Å². The van der Waals surface area contributed by atoms with E-state index in [4.69, 9.17) is 0 Å². The highest BCUT2D eigenvalue weighted by Crippen LogP contribution is 2.27. The van der Waals surface area contributed by atoms with Crippen molar-refractivity contribution >= 4 is 5.69 Å². The largest absolute Gasteiger partial charge is 0.392 e. The maximum Gasteiger partial charge on any atom is 0.0682 e. The lowest BCUT2D eigenvalue weighted by Crippen LogP contribution is -2.54. The van der Waals surface area contributed by atoms with E-state index in [0.29, 0.717) is 12.1 Å². The fraction of sp³-hybridized carbons (Fsp3) is 0.684. The van der Waals surface area contributed by atoms with Crippen LogP contribution in [0.3, 0.4) is 0 Å². The molecule has 0 saturated carbocycles. The second-order valence-electron chi connectivity index (χ2n) is 7.64. The number of hydrogen-bond donors (Lipinski definition) is 1. The van der Waals surface area contributed by atoms with Gasteiger partial charge in [0.05, 0.1) is 6.10 Å². The predicted octanol–water partition coefficient (Wildman–Crippen LogP) is 1.93. The molecule has 23 heavy (non-hydrogen) atoms. The first-order valence-electron chi connectivity index (χ1n) is 9.19. The van der Waals surface area contributed by atoms with E-state index < -0.39 is 0 Å². The normalized spacial score (nSPS) is 32.4. The Hall–Kier alpha value is -1.10. The molecule has 1 unspecified atom stereocenters. The van der Waals surface area contributed by atoms with Crippen LogP contribution in [0.5, 0.6) is 0 Å². The molecular formula is C19H29N3O. The van der Waals surface area contributed by atoms with Gasteiger partial charge in [0.15, 0.2) is 0 Å². The molecular weight excluding hydrogens is 286 g/mol. The van der Waals surface area contributed by atoms with E-state index in [0.717, 1.165) is 32.6 Å². The zero-order chi connectivity index (χ0) is 15.8. The molecule has 4 heteroatoms. The highest BCUT2D eigenvalue weighted by atomic mass is 16.3. The topological polar surface area (TPSA) is 30.0 Å². The van der Waals surface area contributed by atoms with Gasteiger partial charge in [-0.3, -0.25) is 9.80 Å². The molecule has 3 fully saturated rings. The van der Waals surface area contributed by atoms with Gasteiger partial charge in [-0.05, 0) is 43.9 Å². The first-order chi connectivity index (χ1) is 11.2. The van der Waals surface area contributed by atoms with Gasteiger partial charge in [-0.25, -0.2) is 0 Å². The van der Waals surface area contributed by atoms with Crippen molar-refractivity contribution in [2.24, 2.45) is 0 Å². The number of piperazine rings is 1. The molecule has 4 nitrogen and oxygen atoms in total. The van der Waals surface area contributed by atoms with Crippen LogP contribution in [0.15, 0.2) is 24.3 Å². The molecule has 3 saturated heterocycles. The minimum Gasteiger partial charge on any atom is -0.392 e. The highest BCUT2D eigenvalue weighted by Gasteiger charge is 2.37. The number of anilines is 1. The van der Waals surface area contributed by atoms with Gasteiger partial charge in [-0.1, -0.05) is 12.1 Å². The molecule has 1 aromatic rings. The van der Waals surface area contributed by atoms with Crippen molar-refractivity contribution in [2.75, 3.05) is 37.6 Å². The van der Waals surface area contributed by atoms with Gasteiger partial charge >= 0.3 is 0 Å². The lowest BCUT2D eigenvalue weighted by atomic mass is 10.1. The van der Waals surface area contributed by atoms with Crippen molar-refractivity contribution in [3.63, 3.8) is 0 Å². The van der Waals surface area contributed by atoms with Crippen LogP contribution in [0.25, 0.3) is 0 Å². The molecule has 0 bridgehead atoms. The Morgan fingerprint density at radius 1 is 1.04 bits per heavy atom. The highest BCUT2D eigenvalue weighted by molar-refractivity contribution is 5.48. The minimum absolute atomic E-state index is 0.119. The first-order valence-corrected chi connectivity index (χ1v) is 9.19. The van der Waals surface area contributed by atoms with Crippen LogP contribution < -0.4 is 4.90 Å². The minimum atomic E-state index is -0.119. The van der Waals surface area contributed by atoms with E-state index in [9.17, 15) is 5.11 Å². The number of benzene rings is 1. The standard InChI is InChI=1S/C19H29N3O/c1-15-11-22-14-19(23)10-18(22)13-21(15)12-16-4-6-17(7-5-16)20-8-2-3-9-20/h4-7,15,18-19,23H,2-3,8-14H2,1H3/t15-,18?,19-/m1/s1. The van der Waals surface area contributed by atoms with Crippen molar-refractivity contribution < 1.29 is 5.11 Å². The average molecular weight is 315 g/mol. The Bertz CT molecular complexity index is 526. The van der Waals surface area contributed by atoms with Gasteiger partial charge in [-0.15, -0.1) is 0 Å². The van der Waals surface area contributed by atoms with Crippen LogP contribution >= 0.6 is 0 Å². The van der Waals surface area contributed by atoms with E-state index in [1.165, 1.54) is 37.2 Å². The number of rotatable bonds is 3. The van der Waals surface area contributed by atoms with E-state index in [1.54, 1.807) is 0 Å². The Kier molecular flexibility index (Phi) is 4.31. The zero-order valence-electron chi connectivity index (χ0n) is 14.2. The van der Waals surface area contributed by atoms with Crippen LogP contribution in [0.4, 0.5) is 5.69 Å². The van der Waals surface area contributed by atoms with Gasteiger partial charge in [0.1, 0.15) is 0 Å².